The Bertz CT molecular complexity index is 99.1. The minimum atomic E-state index is 0.249. The van der Waals surface area contributed by atoms with Gasteiger partial charge in [-0.05, 0) is 7.05 Å². The van der Waals surface area contributed by atoms with Crippen LogP contribution in [0.1, 0.15) is 12.8 Å². The highest BCUT2D eigenvalue weighted by molar-refractivity contribution is 5.79. The summed E-state index contributed by atoms with van der Waals surface area (Å²) in [6.45, 7) is 4.24. The molecule has 0 heterocycles. The van der Waals surface area contributed by atoms with Gasteiger partial charge < -0.3 is 5.32 Å². The van der Waals surface area contributed by atoms with Gasteiger partial charge in [-0.1, -0.05) is 6.08 Å². The van der Waals surface area contributed by atoms with Gasteiger partial charge in [-0.2, -0.15) is 0 Å². The van der Waals surface area contributed by atoms with E-state index in [0.29, 0.717) is 12.8 Å². The van der Waals surface area contributed by atoms with Crippen LogP contribution in [-0.4, -0.2) is 19.4 Å². The molecule has 2 heteroatoms. The molecule has 0 aliphatic rings. The van der Waals surface area contributed by atoms with E-state index in [1.54, 1.807) is 6.08 Å². The average Bonchev–Trinajstić information content (AvgIpc) is 1.85. The number of hydrogen-bond donors (Lipinski definition) is 1. The first-order valence-electron chi connectivity index (χ1n) is 3.08. The van der Waals surface area contributed by atoms with Crippen molar-refractivity contribution >= 4 is 5.78 Å². The van der Waals surface area contributed by atoms with Crippen LogP contribution < -0.4 is 5.32 Å². The Labute approximate surface area is 56.0 Å². The summed E-state index contributed by atoms with van der Waals surface area (Å²) < 4.78 is 0. The van der Waals surface area contributed by atoms with Crippen LogP contribution in [0.4, 0.5) is 0 Å². The van der Waals surface area contributed by atoms with Gasteiger partial charge in [0, 0.05) is 19.4 Å². The van der Waals surface area contributed by atoms with Gasteiger partial charge in [0.05, 0.1) is 0 Å². The molecule has 0 aliphatic carbocycles. The van der Waals surface area contributed by atoms with E-state index in [9.17, 15) is 4.79 Å². The molecule has 52 valence electrons. The second-order valence-corrected chi connectivity index (χ2v) is 1.89. The van der Waals surface area contributed by atoms with Crippen molar-refractivity contribution in [3.05, 3.63) is 12.7 Å². The van der Waals surface area contributed by atoms with E-state index in [1.165, 1.54) is 0 Å². The predicted octanol–water partition coefficient (Wildman–Crippen LogP) is 0.741. The van der Waals surface area contributed by atoms with E-state index < -0.39 is 0 Å². The van der Waals surface area contributed by atoms with Crippen LogP contribution in [0.5, 0.6) is 0 Å². The maximum Gasteiger partial charge on any atom is 0.137 e. The van der Waals surface area contributed by atoms with Crippen molar-refractivity contribution in [2.45, 2.75) is 12.8 Å². The third-order valence-corrected chi connectivity index (χ3v) is 1.03. The molecule has 0 saturated carbocycles. The van der Waals surface area contributed by atoms with Crippen LogP contribution in [0, 0.1) is 0 Å². The number of carbonyl (C=O) groups excluding carboxylic acids is 1. The molecule has 0 bridgehead atoms. The number of nitrogens with one attached hydrogen (secondary N) is 1. The van der Waals surface area contributed by atoms with E-state index in [-0.39, 0.29) is 5.78 Å². The largest absolute Gasteiger partial charge is 0.319 e. The Balaban J connectivity index is 3.16. The first-order chi connectivity index (χ1) is 4.31. The monoisotopic (exact) mass is 127 g/mol. The fourth-order valence-corrected chi connectivity index (χ4v) is 0.527. The van der Waals surface area contributed by atoms with Crippen LogP contribution in [0.2, 0.25) is 0 Å². The second-order valence-electron chi connectivity index (χ2n) is 1.89. The minimum absolute atomic E-state index is 0.249. The summed E-state index contributed by atoms with van der Waals surface area (Å²) in [5, 5.41) is 2.90. The van der Waals surface area contributed by atoms with Gasteiger partial charge in [0.25, 0.3) is 0 Å². The zero-order chi connectivity index (χ0) is 7.11. The second kappa shape index (κ2) is 5.51. The van der Waals surface area contributed by atoms with Crippen molar-refractivity contribution in [2.24, 2.45) is 0 Å². The average molecular weight is 127 g/mol. The molecule has 9 heavy (non-hydrogen) atoms. The lowest BCUT2D eigenvalue weighted by Gasteiger charge is -1.94. The fraction of sp³-hybridized carbons (Fsp3) is 0.571. The summed E-state index contributed by atoms with van der Waals surface area (Å²) in [6.07, 6.45) is 2.75. The Hall–Kier alpha value is -0.630. The topological polar surface area (TPSA) is 29.1 Å². The van der Waals surface area contributed by atoms with Gasteiger partial charge >= 0.3 is 0 Å². The molecule has 2 nitrogen and oxygen atoms in total. The summed E-state index contributed by atoms with van der Waals surface area (Å²) in [6, 6.07) is 0. The van der Waals surface area contributed by atoms with E-state index in [1.807, 2.05) is 7.05 Å². The zero-order valence-electron chi connectivity index (χ0n) is 5.81. The van der Waals surface area contributed by atoms with Crippen molar-refractivity contribution in [1.29, 1.82) is 0 Å². The smallest absolute Gasteiger partial charge is 0.137 e. The summed E-state index contributed by atoms with van der Waals surface area (Å²) in [5.74, 6) is 0.249. The molecular formula is C7H13NO. The number of Topliss-reactive ketones (excluding diaryl/α,β-unsaturated/α-hetero) is 1. The van der Waals surface area contributed by atoms with Crippen LogP contribution in [-0.2, 0) is 4.79 Å². The van der Waals surface area contributed by atoms with Crippen LogP contribution in [0.3, 0.4) is 0 Å². The standard InChI is InChI=1S/C7H13NO/c1-3-4-7(9)5-6-8-2/h3,8H,1,4-6H2,2H3. The molecule has 0 saturated heterocycles. The highest BCUT2D eigenvalue weighted by Crippen LogP contribution is 1.87. The van der Waals surface area contributed by atoms with Crippen LogP contribution >= 0.6 is 0 Å². The number of carbonyl (C=O) groups is 1. The minimum Gasteiger partial charge on any atom is -0.319 e. The summed E-state index contributed by atoms with van der Waals surface area (Å²) in [5.41, 5.74) is 0. The molecule has 0 amide bonds. The number of hydrogen-bond acceptors (Lipinski definition) is 2. The molecular weight excluding hydrogens is 114 g/mol. The highest BCUT2D eigenvalue weighted by atomic mass is 16.1. The molecule has 0 fully saturated rings. The molecule has 0 aromatic heterocycles. The van der Waals surface area contributed by atoms with Crippen LogP contribution in [0.25, 0.3) is 0 Å². The normalized spacial score (nSPS) is 9.00. The molecule has 0 aromatic carbocycles. The summed E-state index contributed by atoms with van der Waals surface area (Å²) in [4.78, 5) is 10.7. The predicted molar refractivity (Wildman–Crippen MR) is 38.4 cm³/mol. The van der Waals surface area contributed by atoms with E-state index in [0.717, 1.165) is 6.54 Å². The quantitative estimate of drug-likeness (QED) is 0.552. The van der Waals surface area contributed by atoms with Gasteiger partial charge in [-0.15, -0.1) is 6.58 Å². The van der Waals surface area contributed by atoms with E-state index >= 15 is 0 Å². The first kappa shape index (κ1) is 8.37. The van der Waals surface area contributed by atoms with Crippen molar-refractivity contribution in [2.75, 3.05) is 13.6 Å². The third-order valence-electron chi connectivity index (χ3n) is 1.03. The number of allylic oxidation sites excluding steroid dienone is 1. The molecule has 0 radical (unpaired) electrons. The molecule has 0 unspecified atom stereocenters. The molecule has 0 aliphatic heterocycles. The van der Waals surface area contributed by atoms with Gasteiger partial charge in [-0.25, -0.2) is 0 Å². The van der Waals surface area contributed by atoms with Gasteiger partial charge in [-0.3, -0.25) is 4.79 Å². The zero-order valence-corrected chi connectivity index (χ0v) is 5.81. The van der Waals surface area contributed by atoms with Gasteiger partial charge in [0.1, 0.15) is 5.78 Å². The van der Waals surface area contributed by atoms with Crippen LogP contribution in [0.15, 0.2) is 12.7 Å². The van der Waals surface area contributed by atoms with Gasteiger partial charge in [0.15, 0.2) is 0 Å². The molecule has 0 rings (SSSR count). The maximum absolute atomic E-state index is 10.7. The van der Waals surface area contributed by atoms with Crippen molar-refractivity contribution in [1.82, 2.24) is 5.32 Å². The summed E-state index contributed by atoms with van der Waals surface area (Å²) in [7, 11) is 1.83. The summed E-state index contributed by atoms with van der Waals surface area (Å²) >= 11 is 0. The first-order valence-corrected chi connectivity index (χ1v) is 3.08. The van der Waals surface area contributed by atoms with E-state index in [2.05, 4.69) is 11.9 Å². The maximum atomic E-state index is 10.7. The van der Waals surface area contributed by atoms with Crippen molar-refractivity contribution in [3.63, 3.8) is 0 Å². The lowest BCUT2D eigenvalue weighted by atomic mass is 10.2. The molecule has 0 atom stereocenters. The molecule has 0 aromatic rings. The van der Waals surface area contributed by atoms with Crippen molar-refractivity contribution < 1.29 is 4.79 Å². The Morgan fingerprint density at radius 1 is 1.78 bits per heavy atom. The van der Waals surface area contributed by atoms with Crippen molar-refractivity contribution in [3.8, 4) is 0 Å². The molecule has 0 spiro atoms. The SMILES string of the molecule is C=CCC(=O)CCNC. The Morgan fingerprint density at radius 3 is 2.89 bits per heavy atom. The Morgan fingerprint density at radius 2 is 2.44 bits per heavy atom. The Kier molecular flexibility index (Phi) is 5.12. The van der Waals surface area contributed by atoms with E-state index in [4.69, 9.17) is 0 Å². The lowest BCUT2D eigenvalue weighted by molar-refractivity contribution is -0.118. The number of ketones is 1. The third kappa shape index (κ3) is 5.24. The fourth-order valence-electron chi connectivity index (χ4n) is 0.527. The van der Waals surface area contributed by atoms with Gasteiger partial charge in [0.2, 0.25) is 0 Å². The highest BCUT2D eigenvalue weighted by Gasteiger charge is 1.94. The molecule has 1 N–H and O–H groups in total. The number of rotatable bonds is 5. The lowest BCUT2D eigenvalue weighted by Crippen LogP contribution is -2.12.